The molecule has 3 aromatic rings. The molecule has 4 nitrogen and oxygen atoms in total. The molecule has 0 amide bonds. The minimum absolute atomic E-state index is 0.165. The van der Waals surface area contributed by atoms with Gasteiger partial charge in [-0.2, -0.15) is 0 Å². The summed E-state index contributed by atoms with van der Waals surface area (Å²) in [6.07, 6.45) is 1.81. The van der Waals surface area contributed by atoms with Crippen LogP contribution in [0.1, 0.15) is 42.9 Å². The average molecular weight is 443 g/mol. The lowest BCUT2D eigenvalue weighted by Gasteiger charge is -2.36. The first-order valence-corrected chi connectivity index (χ1v) is 11.9. The molecule has 2 heterocycles. The zero-order chi connectivity index (χ0) is 22.8. The predicted molar refractivity (Wildman–Crippen MR) is 135 cm³/mol. The predicted octanol–water partition coefficient (Wildman–Crippen LogP) is 5.99. The molecule has 0 bridgehead atoms. The van der Waals surface area contributed by atoms with Crippen LogP contribution < -0.4 is 10.6 Å². The fraction of sp³-hybridized carbons (Fsp3) is 0.321. The van der Waals surface area contributed by atoms with Gasteiger partial charge in [0.2, 0.25) is 0 Å². The van der Waals surface area contributed by atoms with Crippen molar-refractivity contribution in [3.63, 3.8) is 0 Å². The van der Waals surface area contributed by atoms with Crippen LogP contribution >= 0.6 is 0 Å². The van der Waals surface area contributed by atoms with E-state index in [-0.39, 0.29) is 5.82 Å². The number of fused-ring (bicyclic) bond motifs is 2. The highest BCUT2D eigenvalue weighted by Crippen LogP contribution is 2.36. The second-order valence-corrected chi connectivity index (χ2v) is 9.30. The molecule has 0 aromatic heterocycles. The summed E-state index contributed by atoms with van der Waals surface area (Å²) in [7, 11) is 0. The van der Waals surface area contributed by atoms with Crippen LogP contribution in [0.5, 0.6) is 0 Å². The van der Waals surface area contributed by atoms with Crippen molar-refractivity contribution in [2.24, 2.45) is 4.99 Å². The fourth-order valence-electron chi connectivity index (χ4n) is 4.70. The molecule has 33 heavy (non-hydrogen) atoms. The molecule has 1 atom stereocenters. The lowest BCUT2D eigenvalue weighted by Crippen LogP contribution is -2.53. The van der Waals surface area contributed by atoms with Gasteiger partial charge in [-0.3, -0.25) is 0 Å². The molecule has 1 unspecified atom stereocenters. The van der Waals surface area contributed by atoms with Crippen LogP contribution in [-0.4, -0.2) is 36.4 Å². The van der Waals surface area contributed by atoms with E-state index in [0.717, 1.165) is 66.5 Å². The summed E-state index contributed by atoms with van der Waals surface area (Å²) in [6.45, 7) is 7.14. The van der Waals surface area contributed by atoms with Gasteiger partial charge < -0.3 is 15.5 Å². The highest BCUT2D eigenvalue weighted by Gasteiger charge is 2.26. The quantitative estimate of drug-likeness (QED) is 0.521. The van der Waals surface area contributed by atoms with E-state index in [9.17, 15) is 4.39 Å². The Morgan fingerprint density at radius 1 is 1.03 bits per heavy atom. The molecule has 3 aromatic carbocycles. The lowest BCUT2D eigenvalue weighted by molar-refractivity contribution is 0.282. The van der Waals surface area contributed by atoms with Gasteiger partial charge >= 0.3 is 0 Å². The van der Waals surface area contributed by atoms with E-state index >= 15 is 0 Å². The molecular weight excluding hydrogens is 411 g/mol. The standard InChI is InChI=1S/C28H31FN4/c1-19(2)21-11-13-25-24(17-21)28(32-27-9-4-3-8-26(27)31-25)33-15-14-30-23(18-33)12-10-20-6-5-7-22(29)16-20/h3-9,11,13,16-17,19,23,30-31H,10,12,14-15,18H2,1-2H3. The zero-order valence-electron chi connectivity index (χ0n) is 19.3. The largest absolute Gasteiger partial charge is 0.353 e. The molecule has 2 N–H and O–H groups in total. The Hall–Kier alpha value is -3.18. The normalized spacial score (nSPS) is 17.6. The second-order valence-electron chi connectivity index (χ2n) is 9.30. The fourth-order valence-corrected chi connectivity index (χ4v) is 4.70. The van der Waals surface area contributed by atoms with Crippen LogP contribution in [-0.2, 0) is 6.42 Å². The number of hydrogen-bond acceptors (Lipinski definition) is 4. The van der Waals surface area contributed by atoms with Crippen LogP contribution in [0, 0.1) is 5.82 Å². The SMILES string of the molecule is CC(C)c1ccc2c(c1)C(N1CCNC(CCc3cccc(F)c3)C1)=Nc1ccccc1N2. The van der Waals surface area contributed by atoms with Crippen molar-refractivity contribution >= 4 is 22.9 Å². The monoisotopic (exact) mass is 442 g/mol. The van der Waals surface area contributed by atoms with Crippen LogP contribution in [0.2, 0.25) is 0 Å². The number of anilines is 2. The lowest BCUT2D eigenvalue weighted by atomic mass is 9.98. The van der Waals surface area contributed by atoms with E-state index < -0.39 is 0 Å². The number of aliphatic imine (C=N–C) groups is 1. The Labute approximate surface area is 195 Å². The molecule has 5 heteroatoms. The first kappa shape index (κ1) is 21.7. The van der Waals surface area contributed by atoms with Crippen molar-refractivity contribution in [2.45, 2.75) is 38.6 Å². The Bertz CT molecular complexity index is 1170. The number of amidine groups is 1. The number of rotatable bonds is 4. The van der Waals surface area contributed by atoms with E-state index in [1.807, 2.05) is 18.2 Å². The van der Waals surface area contributed by atoms with Gasteiger partial charge in [0.15, 0.2) is 0 Å². The molecular formula is C28H31FN4. The van der Waals surface area contributed by atoms with Gasteiger partial charge in [0, 0.05) is 36.9 Å². The number of aryl methyl sites for hydroxylation is 1. The first-order chi connectivity index (χ1) is 16.1. The van der Waals surface area contributed by atoms with Crippen molar-refractivity contribution in [3.05, 3.63) is 89.2 Å². The maximum absolute atomic E-state index is 13.6. The number of halogens is 1. The van der Waals surface area contributed by atoms with Gasteiger partial charge in [-0.1, -0.05) is 44.2 Å². The number of hydrogen-bond donors (Lipinski definition) is 2. The summed E-state index contributed by atoms with van der Waals surface area (Å²) in [5.41, 5.74) is 6.60. The maximum atomic E-state index is 13.6. The molecule has 0 saturated carbocycles. The Kier molecular flexibility index (Phi) is 6.14. The Morgan fingerprint density at radius 3 is 2.76 bits per heavy atom. The highest BCUT2D eigenvalue weighted by molar-refractivity contribution is 6.08. The summed E-state index contributed by atoms with van der Waals surface area (Å²) >= 11 is 0. The Morgan fingerprint density at radius 2 is 1.91 bits per heavy atom. The van der Waals surface area contributed by atoms with Crippen molar-refractivity contribution in [3.8, 4) is 0 Å². The highest BCUT2D eigenvalue weighted by atomic mass is 19.1. The Balaban J connectivity index is 1.44. The topological polar surface area (TPSA) is 39.7 Å². The van der Waals surface area contributed by atoms with Crippen LogP contribution in [0.4, 0.5) is 21.5 Å². The van der Waals surface area contributed by atoms with Gasteiger partial charge in [0.1, 0.15) is 11.7 Å². The minimum atomic E-state index is -0.165. The third-order valence-electron chi connectivity index (χ3n) is 6.58. The number of benzene rings is 3. The van der Waals surface area contributed by atoms with Gasteiger partial charge in [-0.15, -0.1) is 0 Å². The molecule has 1 fully saturated rings. The smallest absolute Gasteiger partial charge is 0.138 e. The first-order valence-electron chi connectivity index (χ1n) is 11.9. The molecule has 0 spiro atoms. The van der Waals surface area contributed by atoms with Crippen LogP contribution in [0.3, 0.4) is 0 Å². The number of nitrogens with zero attached hydrogens (tertiary/aromatic N) is 2. The summed E-state index contributed by atoms with van der Waals surface area (Å²) in [6, 6.07) is 22.2. The maximum Gasteiger partial charge on any atom is 0.138 e. The van der Waals surface area contributed by atoms with Gasteiger partial charge in [0.05, 0.1) is 11.4 Å². The van der Waals surface area contributed by atoms with Gasteiger partial charge in [-0.25, -0.2) is 9.38 Å². The zero-order valence-corrected chi connectivity index (χ0v) is 19.3. The number of piperazine rings is 1. The van der Waals surface area contributed by atoms with Gasteiger partial charge in [-0.05, 0) is 66.3 Å². The van der Waals surface area contributed by atoms with Crippen molar-refractivity contribution in [1.29, 1.82) is 0 Å². The molecule has 0 radical (unpaired) electrons. The third kappa shape index (κ3) is 4.79. The third-order valence-corrected chi connectivity index (χ3v) is 6.58. The number of nitrogens with one attached hydrogen (secondary N) is 2. The summed E-state index contributed by atoms with van der Waals surface area (Å²) in [4.78, 5) is 7.59. The second kappa shape index (κ2) is 9.36. The van der Waals surface area contributed by atoms with Crippen molar-refractivity contribution < 1.29 is 4.39 Å². The molecule has 5 rings (SSSR count). The summed E-state index contributed by atoms with van der Waals surface area (Å²) < 4.78 is 13.6. The van der Waals surface area contributed by atoms with E-state index in [1.165, 1.54) is 11.6 Å². The van der Waals surface area contributed by atoms with E-state index in [0.29, 0.717) is 12.0 Å². The molecule has 2 aliphatic heterocycles. The van der Waals surface area contributed by atoms with Crippen molar-refractivity contribution in [2.75, 3.05) is 25.0 Å². The summed E-state index contributed by atoms with van der Waals surface area (Å²) in [5, 5.41) is 7.26. The minimum Gasteiger partial charge on any atom is -0.353 e. The van der Waals surface area contributed by atoms with Crippen molar-refractivity contribution in [1.82, 2.24) is 10.2 Å². The molecule has 2 aliphatic rings. The summed E-state index contributed by atoms with van der Waals surface area (Å²) in [5.74, 6) is 1.31. The average Bonchev–Trinajstić information content (AvgIpc) is 2.99. The van der Waals surface area contributed by atoms with E-state index in [4.69, 9.17) is 4.99 Å². The molecule has 1 saturated heterocycles. The number of para-hydroxylation sites is 2. The van der Waals surface area contributed by atoms with E-state index in [1.54, 1.807) is 12.1 Å². The van der Waals surface area contributed by atoms with Gasteiger partial charge in [0.25, 0.3) is 0 Å². The van der Waals surface area contributed by atoms with Crippen LogP contribution in [0.25, 0.3) is 0 Å². The molecule has 0 aliphatic carbocycles. The van der Waals surface area contributed by atoms with Crippen LogP contribution in [0.15, 0.2) is 71.7 Å². The molecule has 170 valence electrons. The van der Waals surface area contributed by atoms with E-state index in [2.05, 4.69) is 59.7 Å².